The number of carbonyl (C=O) groups excluding carboxylic acids is 2. The van der Waals surface area contributed by atoms with Crippen LogP contribution in [0.2, 0.25) is 0 Å². The molecule has 0 radical (unpaired) electrons. The molecule has 7 nitrogen and oxygen atoms in total. The highest BCUT2D eigenvalue weighted by molar-refractivity contribution is 7.92. The first kappa shape index (κ1) is 29.6. The molecule has 212 valence electrons. The summed E-state index contributed by atoms with van der Waals surface area (Å²) in [4.78, 5) is 29.1. The number of nitrogens with zero attached hydrogens (tertiary/aromatic N) is 2. The summed E-state index contributed by atoms with van der Waals surface area (Å²) in [5, 5.41) is 2.70. The van der Waals surface area contributed by atoms with Crippen LogP contribution in [0.25, 0.3) is 0 Å². The zero-order valence-electron chi connectivity index (χ0n) is 23.5. The molecule has 4 aromatic carbocycles. The third kappa shape index (κ3) is 7.21. The molecule has 1 N–H and O–H groups in total. The molecule has 0 unspecified atom stereocenters. The summed E-state index contributed by atoms with van der Waals surface area (Å²) in [6.45, 7) is 3.50. The lowest BCUT2D eigenvalue weighted by Gasteiger charge is -2.33. The van der Waals surface area contributed by atoms with E-state index >= 15 is 0 Å². The predicted octanol–water partition coefficient (Wildman–Crippen LogP) is 4.88. The molecule has 0 aliphatic carbocycles. The number of sulfonamides is 1. The number of benzene rings is 4. The Bertz CT molecular complexity index is 1580. The molecule has 8 heteroatoms. The molecular weight excluding hydrogens is 534 g/mol. The number of carbonyl (C=O) groups is 2. The lowest BCUT2D eigenvalue weighted by molar-refractivity contribution is -0.139. The number of rotatable bonds is 11. The minimum atomic E-state index is -4.11. The molecule has 0 heterocycles. The van der Waals surface area contributed by atoms with E-state index in [1.165, 1.54) is 24.1 Å². The minimum Gasteiger partial charge on any atom is -0.357 e. The average Bonchev–Trinajstić information content (AvgIpc) is 3.00. The van der Waals surface area contributed by atoms with Gasteiger partial charge in [0.1, 0.15) is 12.6 Å². The van der Waals surface area contributed by atoms with Crippen LogP contribution in [-0.2, 0) is 32.6 Å². The number of hydrogen-bond donors (Lipinski definition) is 1. The smallest absolute Gasteiger partial charge is 0.264 e. The number of anilines is 1. The van der Waals surface area contributed by atoms with Gasteiger partial charge in [-0.25, -0.2) is 8.42 Å². The molecule has 0 aliphatic heterocycles. The van der Waals surface area contributed by atoms with Crippen LogP contribution in [0.15, 0.2) is 114 Å². The van der Waals surface area contributed by atoms with Gasteiger partial charge in [0, 0.05) is 20.0 Å². The second-order valence-corrected chi connectivity index (χ2v) is 11.8. The highest BCUT2D eigenvalue weighted by Gasteiger charge is 2.34. The normalized spacial score (nSPS) is 11.9. The fourth-order valence-corrected chi connectivity index (χ4v) is 6.06. The molecule has 2 amide bonds. The number of hydrogen-bond acceptors (Lipinski definition) is 4. The third-order valence-electron chi connectivity index (χ3n) is 7.10. The van der Waals surface area contributed by atoms with E-state index in [4.69, 9.17) is 0 Å². The molecule has 41 heavy (non-hydrogen) atoms. The predicted molar refractivity (Wildman–Crippen MR) is 162 cm³/mol. The minimum absolute atomic E-state index is 0.0766. The summed E-state index contributed by atoms with van der Waals surface area (Å²) in [6.07, 6.45) is 0.272. The fraction of sp³-hybridized carbons (Fsp3) is 0.212. The molecule has 0 saturated carbocycles. The summed E-state index contributed by atoms with van der Waals surface area (Å²) < 4.78 is 29.1. The van der Waals surface area contributed by atoms with E-state index in [1.807, 2.05) is 80.6 Å². The molecule has 0 saturated heterocycles. The highest BCUT2D eigenvalue weighted by Crippen LogP contribution is 2.27. The molecule has 0 aromatic heterocycles. The van der Waals surface area contributed by atoms with Crippen LogP contribution in [0, 0.1) is 13.8 Å². The highest BCUT2D eigenvalue weighted by atomic mass is 32.2. The van der Waals surface area contributed by atoms with Crippen molar-refractivity contribution in [3.63, 3.8) is 0 Å². The van der Waals surface area contributed by atoms with E-state index in [0.29, 0.717) is 5.69 Å². The maximum atomic E-state index is 14.3. The average molecular weight is 570 g/mol. The monoisotopic (exact) mass is 569 g/mol. The second kappa shape index (κ2) is 13.3. The molecular formula is C33H35N3O4S. The lowest BCUT2D eigenvalue weighted by Crippen LogP contribution is -2.53. The van der Waals surface area contributed by atoms with Crippen LogP contribution in [0.5, 0.6) is 0 Å². The first-order valence-electron chi connectivity index (χ1n) is 13.4. The van der Waals surface area contributed by atoms with E-state index in [2.05, 4.69) is 5.32 Å². The van der Waals surface area contributed by atoms with E-state index < -0.39 is 28.5 Å². The maximum absolute atomic E-state index is 14.3. The van der Waals surface area contributed by atoms with Gasteiger partial charge >= 0.3 is 0 Å². The summed E-state index contributed by atoms with van der Waals surface area (Å²) >= 11 is 0. The van der Waals surface area contributed by atoms with Crippen molar-refractivity contribution in [2.24, 2.45) is 0 Å². The Kier molecular flexibility index (Phi) is 9.57. The summed E-state index contributed by atoms with van der Waals surface area (Å²) in [5.74, 6) is -0.821. The van der Waals surface area contributed by atoms with Gasteiger partial charge in [-0.05, 0) is 60.4 Å². The Balaban J connectivity index is 1.78. The molecule has 1 atom stereocenters. The van der Waals surface area contributed by atoms with Crippen LogP contribution in [0.1, 0.15) is 22.3 Å². The standard InChI is InChI=1S/C33H35N3O4S/c1-25-19-20-29(21-26(25)2)36(41(39,40)30-17-11-6-12-18-30)24-32(37)35(23-28-15-9-5-10-16-28)31(33(38)34-3)22-27-13-7-4-8-14-27/h4-21,31H,22-24H2,1-3H3,(H,34,38)/t31-/m0/s1. The number of amides is 2. The van der Waals surface area contributed by atoms with Gasteiger partial charge in [0.2, 0.25) is 11.8 Å². The fourth-order valence-electron chi connectivity index (χ4n) is 4.63. The van der Waals surface area contributed by atoms with Gasteiger partial charge in [-0.1, -0.05) is 84.9 Å². The van der Waals surface area contributed by atoms with Crippen molar-refractivity contribution in [3.8, 4) is 0 Å². The molecule has 4 rings (SSSR count). The van der Waals surface area contributed by atoms with Crippen LogP contribution in [-0.4, -0.2) is 44.8 Å². The zero-order chi connectivity index (χ0) is 29.4. The van der Waals surface area contributed by atoms with E-state index in [1.54, 1.807) is 30.3 Å². The van der Waals surface area contributed by atoms with Crippen LogP contribution >= 0.6 is 0 Å². The summed E-state index contributed by atoms with van der Waals surface area (Å²) in [5.41, 5.74) is 3.99. The van der Waals surface area contributed by atoms with Crippen LogP contribution in [0.3, 0.4) is 0 Å². The number of likely N-dealkylation sites (N-methyl/N-ethyl adjacent to an activating group) is 1. The number of aryl methyl sites for hydroxylation is 2. The first-order chi connectivity index (χ1) is 19.7. The van der Waals surface area contributed by atoms with Crippen LogP contribution in [0.4, 0.5) is 5.69 Å². The van der Waals surface area contributed by atoms with Gasteiger partial charge in [-0.15, -0.1) is 0 Å². The van der Waals surface area contributed by atoms with Crippen LogP contribution < -0.4 is 9.62 Å². The first-order valence-corrected chi connectivity index (χ1v) is 14.9. The maximum Gasteiger partial charge on any atom is 0.264 e. The summed E-state index contributed by atoms with van der Waals surface area (Å²) in [7, 11) is -2.58. The Labute approximate surface area is 242 Å². The van der Waals surface area contributed by atoms with Crippen molar-refractivity contribution < 1.29 is 18.0 Å². The Morgan fingerprint density at radius 2 is 1.32 bits per heavy atom. The Morgan fingerprint density at radius 1 is 0.756 bits per heavy atom. The van der Waals surface area contributed by atoms with Crippen molar-refractivity contribution in [1.82, 2.24) is 10.2 Å². The molecule has 0 spiro atoms. The van der Waals surface area contributed by atoms with Gasteiger partial charge in [-0.2, -0.15) is 0 Å². The quantitative estimate of drug-likeness (QED) is 0.279. The third-order valence-corrected chi connectivity index (χ3v) is 8.89. The Hall–Kier alpha value is -4.43. The second-order valence-electron chi connectivity index (χ2n) is 9.92. The van der Waals surface area contributed by atoms with Gasteiger partial charge in [0.15, 0.2) is 0 Å². The Morgan fingerprint density at radius 3 is 1.88 bits per heavy atom. The van der Waals surface area contributed by atoms with Gasteiger partial charge in [0.05, 0.1) is 10.6 Å². The zero-order valence-corrected chi connectivity index (χ0v) is 24.3. The molecule has 0 fully saturated rings. The molecule has 0 aliphatic rings. The molecule has 0 bridgehead atoms. The van der Waals surface area contributed by atoms with E-state index in [9.17, 15) is 18.0 Å². The van der Waals surface area contributed by atoms with Gasteiger partial charge in [0.25, 0.3) is 10.0 Å². The lowest BCUT2D eigenvalue weighted by atomic mass is 10.0. The van der Waals surface area contributed by atoms with Gasteiger partial charge in [-0.3, -0.25) is 13.9 Å². The van der Waals surface area contributed by atoms with Crippen molar-refractivity contribution in [3.05, 3.63) is 131 Å². The van der Waals surface area contributed by atoms with Crippen molar-refractivity contribution in [2.45, 2.75) is 37.8 Å². The largest absolute Gasteiger partial charge is 0.357 e. The SMILES string of the molecule is CNC(=O)[C@H](Cc1ccccc1)N(Cc1ccccc1)C(=O)CN(c1ccc(C)c(C)c1)S(=O)(=O)c1ccccc1. The number of nitrogens with one attached hydrogen (secondary N) is 1. The van der Waals surface area contributed by atoms with Crippen molar-refractivity contribution in [1.29, 1.82) is 0 Å². The van der Waals surface area contributed by atoms with E-state index in [0.717, 1.165) is 26.6 Å². The molecule has 4 aromatic rings. The van der Waals surface area contributed by atoms with Gasteiger partial charge < -0.3 is 10.2 Å². The van der Waals surface area contributed by atoms with Crippen molar-refractivity contribution >= 4 is 27.5 Å². The van der Waals surface area contributed by atoms with Crippen molar-refractivity contribution in [2.75, 3.05) is 17.9 Å². The van der Waals surface area contributed by atoms with E-state index in [-0.39, 0.29) is 23.8 Å². The summed E-state index contributed by atoms with van der Waals surface area (Å²) in [6, 6.07) is 31.4. The topological polar surface area (TPSA) is 86.8 Å².